The molecule has 4 heteroatoms. The number of halogens is 1. The monoisotopic (exact) mass is 353 g/mol. The van der Waals surface area contributed by atoms with Crippen molar-refractivity contribution in [1.82, 2.24) is 0 Å². The number of hydrogen-bond donors (Lipinski definition) is 0. The third-order valence-electron chi connectivity index (χ3n) is 2.33. The predicted molar refractivity (Wildman–Crippen MR) is 76.2 cm³/mol. The second-order valence-corrected chi connectivity index (χ2v) is 5.68. The van der Waals surface area contributed by atoms with Gasteiger partial charge in [0.1, 0.15) is 5.92 Å². The van der Waals surface area contributed by atoms with E-state index in [2.05, 4.69) is 28.7 Å². The molecule has 2 rings (SSSR count). The lowest BCUT2D eigenvalue weighted by molar-refractivity contribution is 0.0980. The number of benzene rings is 1. The van der Waals surface area contributed by atoms with Crippen molar-refractivity contribution in [1.29, 1.82) is 5.26 Å². The van der Waals surface area contributed by atoms with E-state index in [1.54, 1.807) is 12.1 Å². The molecule has 1 heterocycles. The topological polar surface area (TPSA) is 40.9 Å². The van der Waals surface area contributed by atoms with Crippen molar-refractivity contribution < 1.29 is 4.79 Å². The van der Waals surface area contributed by atoms with Gasteiger partial charge in [0.05, 0.1) is 6.07 Å². The summed E-state index contributed by atoms with van der Waals surface area (Å²) in [6, 6.07) is 13.1. The smallest absolute Gasteiger partial charge is 0.185 e. The van der Waals surface area contributed by atoms with Gasteiger partial charge in [-0.05, 0) is 46.2 Å². The highest BCUT2D eigenvalue weighted by atomic mass is 127. The maximum atomic E-state index is 12.2. The number of carbonyl (C=O) groups excluding carboxylic acids is 1. The van der Waals surface area contributed by atoms with Crippen LogP contribution >= 0.6 is 33.9 Å². The lowest BCUT2D eigenvalue weighted by Gasteiger charge is -2.06. The van der Waals surface area contributed by atoms with Crippen molar-refractivity contribution in [2.75, 3.05) is 0 Å². The number of thiophene rings is 1. The molecule has 2 nitrogen and oxygen atoms in total. The largest absolute Gasteiger partial charge is 0.292 e. The third kappa shape index (κ3) is 2.73. The van der Waals surface area contributed by atoms with Crippen LogP contribution in [0.5, 0.6) is 0 Å². The lowest BCUT2D eigenvalue weighted by Crippen LogP contribution is -2.10. The van der Waals surface area contributed by atoms with E-state index in [9.17, 15) is 4.79 Å². The highest BCUT2D eigenvalue weighted by Gasteiger charge is 2.22. The summed E-state index contributed by atoms with van der Waals surface area (Å²) in [7, 11) is 0. The minimum absolute atomic E-state index is 0.131. The van der Waals surface area contributed by atoms with Gasteiger partial charge in [0, 0.05) is 14.0 Å². The molecule has 0 aliphatic heterocycles. The summed E-state index contributed by atoms with van der Waals surface area (Å²) in [6.45, 7) is 0. The van der Waals surface area contributed by atoms with Crippen LogP contribution in [0.4, 0.5) is 0 Å². The van der Waals surface area contributed by atoms with E-state index in [1.165, 1.54) is 11.3 Å². The van der Waals surface area contributed by atoms with Crippen LogP contribution in [0.3, 0.4) is 0 Å². The first kappa shape index (κ1) is 12.3. The number of rotatable bonds is 3. The van der Waals surface area contributed by atoms with Crippen LogP contribution in [0.15, 0.2) is 41.8 Å². The van der Waals surface area contributed by atoms with Crippen LogP contribution in [0.2, 0.25) is 0 Å². The fourth-order valence-electron chi connectivity index (χ4n) is 1.52. The fraction of sp³-hybridized carbons (Fsp3) is 0.0769. The third-order valence-corrected chi connectivity index (χ3v) is 3.94. The maximum Gasteiger partial charge on any atom is 0.185 e. The molecule has 17 heavy (non-hydrogen) atoms. The Morgan fingerprint density at radius 2 is 2.18 bits per heavy atom. The Bertz CT molecular complexity index is 571. The Balaban J connectivity index is 2.34. The predicted octanol–water partition coefficient (Wildman–Crippen LogP) is 3.84. The quantitative estimate of drug-likeness (QED) is 0.621. The summed E-state index contributed by atoms with van der Waals surface area (Å²) < 4.78 is 0.997. The van der Waals surface area contributed by atoms with Crippen LogP contribution in [0.25, 0.3) is 0 Å². The van der Waals surface area contributed by atoms with Gasteiger partial charge in [-0.3, -0.25) is 4.79 Å². The Morgan fingerprint density at radius 3 is 2.76 bits per heavy atom. The molecular formula is C13H8INOS. The van der Waals surface area contributed by atoms with E-state index in [-0.39, 0.29) is 5.78 Å². The molecule has 0 saturated heterocycles. The molecular weight excluding hydrogens is 345 g/mol. The molecule has 1 aromatic carbocycles. The second-order valence-electron chi connectivity index (χ2n) is 3.45. The van der Waals surface area contributed by atoms with Gasteiger partial charge < -0.3 is 0 Å². The second kappa shape index (κ2) is 5.43. The zero-order valence-electron chi connectivity index (χ0n) is 8.76. The average molecular weight is 353 g/mol. The summed E-state index contributed by atoms with van der Waals surface area (Å²) >= 11 is 3.59. The number of nitriles is 1. The zero-order chi connectivity index (χ0) is 12.3. The standard InChI is InChI=1S/C13H8INOS/c14-10-4-1-3-9(7-10)13(16)11(8-15)12-5-2-6-17-12/h1-7,11H. The van der Waals surface area contributed by atoms with Gasteiger partial charge in [0.15, 0.2) is 5.78 Å². The van der Waals surface area contributed by atoms with Crippen molar-refractivity contribution in [2.45, 2.75) is 5.92 Å². The van der Waals surface area contributed by atoms with Crippen LogP contribution in [-0.2, 0) is 0 Å². The van der Waals surface area contributed by atoms with E-state index in [4.69, 9.17) is 5.26 Å². The van der Waals surface area contributed by atoms with Crippen molar-refractivity contribution in [3.8, 4) is 6.07 Å². The molecule has 0 bridgehead atoms. The normalized spacial score (nSPS) is 11.8. The van der Waals surface area contributed by atoms with Crippen LogP contribution in [0.1, 0.15) is 21.2 Å². The molecule has 0 N–H and O–H groups in total. The molecule has 1 aromatic heterocycles. The number of carbonyl (C=O) groups is 1. The van der Waals surface area contributed by atoms with Gasteiger partial charge in [-0.25, -0.2) is 0 Å². The molecule has 1 unspecified atom stereocenters. The molecule has 0 spiro atoms. The van der Waals surface area contributed by atoms with E-state index in [0.717, 1.165) is 8.45 Å². The summed E-state index contributed by atoms with van der Waals surface area (Å²) in [5.41, 5.74) is 0.594. The van der Waals surface area contributed by atoms with E-state index in [0.29, 0.717) is 5.56 Å². The summed E-state index contributed by atoms with van der Waals surface area (Å²) in [5.74, 6) is -0.818. The highest BCUT2D eigenvalue weighted by Crippen LogP contribution is 2.25. The molecule has 0 aliphatic rings. The highest BCUT2D eigenvalue weighted by molar-refractivity contribution is 14.1. The Hall–Kier alpha value is -1.19. The summed E-state index contributed by atoms with van der Waals surface area (Å²) in [6.07, 6.45) is 0. The number of hydrogen-bond acceptors (Lipinski definition) is 3. The minimum atomic E-state index is -0.687. The number of nitrogens with zero attached hydrogens (tertiary/aromatic N) is 1. The zero-order valence-corrected chi connectivity index (χ0v) is 11.7. The Kier molecular flexibility index (Phi) is 3.92. The fourth-order valence-corrected chi connectivity index (χ4v) is 2.83. The Morgan fingerprint density at radius 1 is 1.35 bits per heavy atom. The van der Waals surface area contributed by atoms with Crippen LogP contribution in [0, 0.1) is 14.9 Å². The van der Waals surface area contributed by atoms with Gasteiger partial charge in [0.2, 0.25) is 0 Å². The molecule has 84 valence electrons. The first-order chi connectivity index (χ1) is 8.22. The van der Waals surface area contributed by atoms with Crippen molar-refractivity contribution in [3.05, 3.63) is 55.8 Å². The first-order valence-electron chi connectivity index (χ1n) is 4.95. The minimum Gasteiger partial charge on any atom is -0.292 e. The van der Waals surface area contributed by atoms with E-state index >= 15 is 0 Å². The maximum absolute atomic E-state index is 12.2. The molecule has 2 aromatic rings. The number of Topliss-reactive ketones (excluding diaryl/α,β-unsaturated/α-hetero) is 1. The van der Waals surface area contributed by atoms with Gasteiger partial charge >= 0.3 is 0 Å². The van der Waals surface area contributed by atoms with E-state index < -0.39 is 5.92 Å². The van der Waals surface area contributed by atoms with Gasteiger partial charge in [-0.2, -0.15) is 5.26 Å². The van der Waals surface area contributed by atoms with Gasteiger partial charge in [-0.15, -0.1) is 11.3 Å². The molecule has 0 saturated carbocycles. The van der Waals surface area contributed by atoms with Gasteiger partial charge in [-0.1, -0.05) is 18.2 Å². The molecule has 0 amide bonds. The average Bonchev–Trinajstić information content (AvgIpc) is 2.83. The van der Waals surface area contributed by atoms with E-state index in [1.807, 2.05) is 29.6 Å². The molecule has 0 radical (unpaired) electrons. The van der Waals surface area contributed by atoms with Crippen molar-refractivity contribution >= 4 is 39.7 Å². The molecule has 0 aliphatic carbocycles. The molecule has 0 fully saturated rings. The Labute approximate surface area is 117 Å². The van der Waals surface area contributed by atoms with Crippen LogP contribution in [-0.4, -0.2) is 5.78 Å². The van der Waals surface area contributed by atoms with Crippen LogP contribution < -0.4 is 0 Å². The van der Waals surface area contributed by atoms with Crippen molar-refractivity contribution in [3.63, 3.8) is 0 Å². The summed E-state index contributed by atoms with van der Waals surface area (Å²) in [4.78, 5) is 13.0. The summed E-state index contributed by atoms with van der Waals surface area (Å²) in [5, 5.41) is 11.0. The lowest BCUT2D eigenvalue weighted by atomic mass is 9.97. The SMILES string of the molecule is N#CC(C(=O)c1cccc(I)c1)c1cccs1. The number of ketones is 1. The van der Waals surface area contributed by atoms with Gasteiger partial charge in [0.25, 0.3) is 0 Å². The molecule has 1 atom stereocenters. The first-order valence-corrected chi connectivity index (χ1v) is 6.91. The van der Waals surface area contributed by atoms with Crippen molar-refractivity contribution in [2.24, 2.45) is 0 Å².